The number of hydrogen-bond acceptors (Lipinski definition) is 8. The Morgan fingerprint density at radius 2 is 1.76 bits per heavy atom. The monoisotopic (exact) mass is 494 g/mol. The van der Waals surface area contributed by atoms with E-state index in [1.165, 1.54) is 13.2 Å². The van der Waals surface area contributed by atoms with Gasteiger partial charge in [-0.15, -0.1) is 0 Å². The Bertz CT molecular complexity index is 1050. The lowest BCUT2D eigenvalue weighted by Gasteiger charge is -2.22. The van der Waals surface area contributed by atoms with Crippen molar-refractivity contribution in [1.29, 1.82) is 0 Å². The summed E-state index contributed by atoms with van der Waals surface area (Å²) in [4.78, 5) is 23.7. The lowest BCUT2D eigenvalue weighted by Crippen LogP contribution is -2.28. The summed E-state index contributed by atoms with van der Waals surface area (Å²) in [5.41, 5.74) is -0.569. The van der Waals surface area contributed by atoms with Crippen LogP contribution in [0.2, 0.25) is 0 Å². The van der Waals surface area contributed by atoms with E-state index in [-0.39, 0.29) is 22.9 Å². The van der Waals surface area contributed by atoms with Crippen molar-refractivity contribution in [2.24, 2.45) is 0 Å². The first-order valence-corrected chi connectivity index (χ1v) is 13.1. The highest BCUT2D eigenvalue weighted by molar-refractivity contribution is 7.95. The molecule has 1 aromatic carbocycles. The first-order chi connectivity index (χ1) is 16.1. The summed E-state index contributed by atoms with van der Waals surface area (Å²) >= 11 is 0. The second kappa shape index (κ2) is 12.2. The topological polar surface area (TPSA) is 116 Å². The number of aryl methyl sites for hydroxylation is 1. The first-order valence-electron chi connectivity index (χ1n) is 11.2. The maximum atomic E-state index is 12.8. The average molecular weight is 495 g/mol. The van der Waals surface area contributed by atoms with Gasteiger partial charge in [0.15, 0.2) is 21.3 Å². The third kappa shape index (κ3) is 7.17. The number of aliphatic hydroxyl groups is 1. The Hall–Kier alpha value is -2.65. The maximum Gasteiger partial charge on any atom is 0.305 e. The molecule has 0 saturated heterocycles. The molecule has 0 aliphatic heterocycles. The minimum Gasteiger partial charge on any atom is -0.493 e. The van der Waals surface area contributed by atoms with Gasteiger partial charge in [-0.2, -0.15) is 0 Å². The van der Waals surface area contributed by atoms with Crippen LogP contribution < -0.4 is 9.47 Å². The molecule has 0 aromatic heterocycles. The number of ether oxygens (including phenoxy) is 3. The van der Waals surface area contributed by atoms with Crippen molar-refractivity contribution < 1.29 is 37.3 Å². The molecular formula is C25H34O8S. The first kappa shape index (κ1) is 27.6. The molecule has 1 aromatic rings. The summed E-state index contributed by atoms with van der Waals surface area (Å²) in [6, 6.07) is 5.55. The highest BCUT2D eigenvalue weighted by atomic mass is 32.2. The number of esters is 1. The molecular weight excluding hydrogens is 460 g/mol. The largest absolute Gasteiger partial charge is 0.493 e. The Morgan fingerprint density at radius 3 is 2.38 bits per heavy atom. The fourth-order valence-electron chi connectivity index (χ4n) is 3.98. The molecule has 8 nitrogen and oxygen atoms in total. The van der Waals surface area contributed by atoms with Crippen molar-refractivity contribution in [1.82, 2.24) is 0 Å². The SMILES string of the molecule is COC(=O)CCCCC/C=C1\C(=O)C(S(C)(=O)=O)=CC1(O)CCCc1ccc(OC)c(OC)c1. The molecule has 1 atom stereocenters. The summed E-state index contributed by atoms with van der Waals surface area (Å²) in [6.45, 7) is 0. The second-order valence-corrected chi connectivity index (χ2v) is 10.4. The van der Waals surface area contributed by atoms with Crippen molar-refractivity contribution >= 4 is 21.6 Å². The van der Waals surface area contributed by atoms with Gasteiger partial charge in [-0.3, -0.25) is 9.59 Å². The molecule has 0 heterocycles. The van der Waals surface area contributed by atoms with Gasteiger partial charge in [0, 0.05) is 18.2 Å². The van der Waals surface area contributed by atoms with E-state index in [1.807, 2.05) is 12.1 Å². The molecule has 0 amide bonds. The van der Waals surface area contributed by atoms with Crippen LogP contribution in [0.15, 0.2) is 40.8 Å². The number of benzene rings is 1. The van der Waals surface area contributed by atoms with Gasteiger partial charge in [-0.05, 0) is 62.3 Å². The van der Waals surface area contributed by atoms with Gasteiger partial charge in [0.25, 0.3) is 0 Å². The quantitative estimate of drug-likeness (QED) is 0.252. The van der Waals surface area contributed by atoms with Crippen LogP contribution in [-0.4, -0.2) is 58.5 Å². The minimum atomic E-state index is -3.77. The highest BCUT2D eigenvalue weighted by Gasteiger charge is 2.44. The number of hydrogen-bond donors (Lipinski definition) is 1. The van der Waals surface area contributed by atoms with E-state index >= 15 is 0 Å². The van der Waals surface area contributed by atoms with E-state index in [0.29, 0.717) is 50.0 Å². The number of ketones is 1. The number of methoxy groups -OCH3 is 3. The molecule has 0 fully saturated rings. The molecule has 188 valence electrons. The van der Waals surface area contributed by atoms with Gasteiger partial charge in [0.2, 0.25) is 5.78 Å². The number of Topliss-reactive ketones (excluding diaryl/α,β-unsaturated/α-hetero) is 1. The molecule has 2 rings (SSSR count). The van der Waals surface area contributed by atoms with Crippen molar-refractivity contribution in [3.8, 4) is 11.5 Å². The van der Waals surface area contributed by atoms with E-state index in [4.69, 9.17) is 9.47 Å². The van der Waals surface area contributed by atoms with Crippen molar-refractivity contribution in [3.63, 3.8) is 0 Å². The lowest BCUT2D eigenvalue weighted by atomic mass is 9.89. The Kier molecular flexibility index (Phi) is 9.88. The summed E-state index contributed by atoms with van der Waals surface area (Å²) in [6.07, 6.45) is 8.01. The van der Waals surface area contributed by atoms with Crippen LogP contribution in [0.1, 0.15) is 50.5 Å². The summed E-state index contributed by atoms with van der Waals surface area (Å²) in [5, 5.41) is 11.3. The fourth-order valence-corrected chi connectivity index (χ4v) is 4.83. The van der Waals surface area contributed by atoms with Crippen LogP contribution in [-0.2, 0) is 30.6 Å². The molecule has 0 radical (unpaired) electrons. The van der Waals surface area contributed by atoms with Crippen LogP contribution in [0.3, 0.4) is 0 Å². The fraction of sp³-hybridized carbons (Fsp3) is 0.520. The van der Waals surface area contributed by atoms with Gasteiger partial charge >= 0.3 is 5.97 Å². The number of carbonyl (C=O) groups is 2. The Labute approximate surface area is 201 Å². The van der Waals surface area contributed by atoms with Gasteiger partial charge in [-0.25, -0.2) is 8.42 Å². The number of sulfone groups is 1. The van der Waals surface area contributed by atoms with Crippen molar-refractivity contribution in [3.05, 3.63) is 46.4 Å². The van der Waals surface area contributed by atoms with E-state index in [1.54, 1.807) is 26.4 Å². The van der Waals surface area contributed by atoms with Gasteiger partial charge < -0.3 is 19.3 Å². The molecule has 1 N–H and O–H groups in total. The maximum absolute atomic E-state index is 12.8. The van der Waals surface area contributed by atoms with Crippen LogP contribution in [0.25, 0.3) is 0 Å². The molecule has 9 heteroatoms. The van der Waals surface area contributed by atoms with Gasteiger partial charge in [0.1, 0.15) is 10.5 Å². The normalized spacial score (nSPS) is 19.3. The molecule has 0 bridgehead atoms. The summed E-state index contributed by atoms with van der Waals surface area (Å²) in [7, 11) is 0.684. The third-order valence-electron chi connectivity index (χ3n) is 5.84. The average Bonchev–Trinajstić information content (AvgIpc) is 3.06. The lowest BCUT2D eigenvalue weighted by molar-refractivity contribution is -0.140. The van der Waals surface area contributed by atoms with E-state index in [0.717, 1.165) is 18.2 Å². The van der Waals surface area contributed by atoms with Crippen LogP contribution in [0.4, 0.5) is 0 Å². The van der Waals surface area contributed by atoms with Crippen molar-refractivity contribution in [2.45, 2.75) is 57.0 Å². The molecule has 1 unspecified atom stereocenters. The smallest absolute Gasteiger partial charge is 0.305 e. The Morgan fingerprint density at radius 1 is 1.06 bits per heavy atom. The van der Waals surface area contributed by atoms with Crippen LogP contribution >= 0.6 is 0 Å². The zero-order valence-electron chi connectivity index (χ0n) is 20.3. The third-order valence-corrected chi connectivity index (χ3v) is 6.94. The highest BCUT2D eigenvalue weighted by Crippen LogP contribution is 2.38. The zero-order valence-corrected chi connectivity index (χ0v) is 21.1. The van der Waals surface area contributed by atoms with E-state index < -0.39 is 21.2 Å². The number of rotatable bonds is 13. The zero-order chi connectivity index (χ0) is 25.4. The van der Waals surface area contributed by atoms with Crippen molar-refractivity contribution in [2.75, 3.05) is 27.6 Å². The minimum absolute atomic E-state index is 0.105. The number of unbranched alkanes of at least 4 members (excludes halogenated alkanes) is 3. The summed E-state index contributed by atoms with van der Waals surface area (Å²) in [5.74, 6) is 0.298. The number of allylic oxidation sites excluding steroid dienone is 2. The molecule has 1 aliphatic carbocycles. The Balaban J connectivity index is 2.09. The molecule has 1 aliphatic rings. The van der Waals surface area contributed by atoms with E-state index in [2.05, 4.69) is 4.74 Å². The van der Waals surface area contributed by atoms with E-state index in [9.17, 15) is 23.1 Å². The van der Waals surface area contributed by atoms with Crippen LogP contribution in [0.5, 0.6) is 11.5 Å². The van der Waals surface area contributed by atoms with Gasteiger partial charge in [0.05, 0.1) is 21.3 Å². The standard InChI is InChI=1S/C25H34O8S/c1-31-20-14-13-18(16-21(20)32-2)10-9-15-25(28)17-22(34(4,29)30)24(27)19(25)11-7-5-6-8-12-23(26)33-3/h11,13-14,16-17,28H,5-10,12,15H2,1-4H3/b19-11+. The van der Waals surface area contributed by atoms with Crippen LogP contribution in [0, 0.1) is 0 Å². The predicted octanol–water partition coefficient (Wildman–Crippen LogP) is 3.32. The predicted molar refractivity (Wildman–Crippen MR) is 129 cm³/mol. The number of carbonyl (C=O) groups excluding carboxylic acids is 2. The van der Waals surface area contributed by atoms with Gasteiger partial charge in [-0.1, -0.05) is 18.6 Å². The molecule has 0 spiro atoms. The molecule has 0 saturated carbocycles. The second-order valence-electron chi connectivity index (χ2n) is 8.37. The summed E-state index contributed by atoms with van der Waals surface area (Å²) < 4.78 is 39.4. The molecule has 34 heavy (non-hydrogen) atoms.